The van der Waals surface area contributed by atoms with Gasteiger partial charge in [0.2, 0.25) is 5.91 Å². The molecule has 0 spiro atoms. The second kappa shape index (κ2) is 8.10. The van der Waals surface area contributed by atoms with Gasteiger partial charge in [0.1, 0.15) is 12.1 Å². The van der Waals surface area contributed by atoms with E-state index in [1.807, 2.05) is 24.1 Å². The number of amides is 1. The third kappa shape index (κ3) is 4.09. The molecule has 2 fully saturated rings. The number of fused-ring (bicyclic) bond motifs is 1. The molecule has 1 amide bonds. The van der Waals surface area contributed by atoms with Crippen molar-refractivity contribution in [3.8, 4) is 0 Å². The molecule has 1 aromatic carbocycles. The Morgan fingerprint density at radius 1 is 1.30 bits per heavy atom. The number of hydrogen-bond donors (Lipinski definition) is 0. The predicted molar refractivity (Wildman–Crippen MR) is 109 cm³/mol. The number of carbonyl (C=O) groups excluding carboxylic acids is 1. The first-order chi connectivity index (χ1) is 13.1. The lowest BCUT2D eigenvalue weighted by molar-refractivity contribution is -0.134. The Kier molecular flexibility index (Phi) is 5.59. The first-order valence-corrected chi connectivity index (χ1v) is 10.4. The van der Waals surface area contributed by atoms with Gasteiger partial charge in [-0.3, -0.25) is 4.79 Å². The fourth-order valence-corrected chi connectivity index (χ4v) is 4.47. The quantitative estimate of drug-likeness (QED) is 0.742. The van der Waals surface area contributed by atoms with E-state index in [0.717, 1.165) is 60.1 Å². The summed E-state index contributed by atoms with van der Waals surface area (Å²) in [6.45, 7) is 4.04. The van der Waals surface area contributed by atoms with Gasteiger partial charge in [-0.25, -0.2) is 9.97 Å². The van der Waals surface area contributed by atoms with E-state index in [1.165, 1.54) is 0 Å². The number of benzene rings is 1. The molecule has 0 N–H and O–H groups in total. The lowest BCUT2D eigenvalue weighted by atomic mass is 9.95. The van der Waals surface area contributed by atoms with Gasteiger partial charge in [0, 0.05) is 43.1 Å². The zero-order chi connectivity index (χ0) is 18.8. The molecule has 0 radical (unpaired) electrons. The number of anilines is 1. The lowest BCUT2D eigenvalue weighted by Gasteiger charge is -2.35. The minimum atomic E-state index is 0.0564. The van der Waals surface area contributed by atoms with Crippen molar-refractivity contribution in [2.24, 2.45) is 11.8 Å². The minimum absolute atomic E-state index is 0.0564. The highest BCUT2D eigenvalue weighted by atomic mass is 79.9. The normalized spacial score (nSPS) is 21.0. The van der Waals surface area contributed by atoms with Gasteiger partial charge in [-0.2, -0.15) is 0 Å². The molecule has 1 unspecified atom stereocenters. The van der Waals surface area contributed by atoms with Gasteiger partial charge < -0.3 is 14.5 Å². The molecule has 27 heavy (non-hydrogen) atoms. The van der Waals surface area contributed by atoms with E-state index in [2.05, 4.69) is 36.9 Å². The number of aromatic nitrogens is 2. The summed E-state index contributed by atoms with van der Waals surface area (Å²) in [5, 5.41) is 1.08. The summed E-state index contributed by atoms with van der Waals surface area (Å²) >= 11 is 3.55. The first-order valence-electron chi connectivity index (χ1n) is 9.60. The number of piperidine rings is 1. The maximum atomic E-state index is 12.5. The minimum Gasteiger partial charge on any atom is -0.381 e. The Morgan fingerprint density at radius 2 is 2.11 bits per heavy atom. The van der Waals surface area contributed by atoms with Crippen LogP contribution in [0.15, 0.2) is 29.0 Å². The largest absolute Gasteiger partial charge is 0.381 e. The topological polar surface area (TPSA) is 58.6 Å². The van der Waals surface area contributed by atoms with Crippen LogP contribution in [0.25, 0.3) is 10.9 Å². The van der Waals surface area contributed by atoms with Crippen LogP contribution >= 0.6 is 15.9 Å². The molecule has 1 atom stereocenters. The molecule has 4 rings (SSSR count). The van der Waals surface area contributed by atoms with Crippen molar-refractivity contribution in [1.82, 2.24) is 14.9 Å². The van der Waals surface area contributed by atoms with Crippen LogP contribution in [0.3, 0.4) is 0 Å². The van der Waals surface area contributed by atoms with E-state index in [1.54, 1.807) is 6.33 Å². The second-order valence-electron chi connectivity index (χ2n) is 7.57. The third-order valence-corrected chi connectivity index (χ3v) is 6.17. The third-order valence-electron chi connectivity index (χ3n) is 5.68. The molecule has 6 nitrogen and oxygen atoms in total. The number of ether oxygens (including phenoxy) is 1. The van der Waals surface area contributed by atoms with Crippen LogP contribution in [-0.4, -0.2) is 60.7 Å². The number of hydrogen-bond acceptors (Lipinski definition) is 5. The standard InChI is InChI=1S/C20H25BrN4O2/c1-24(20(26)15-6-9-27-12-15)11-14-4-7-25(8-5-14)19-17-10-16(21)2-3-18(17)22-13-23-19/h2-3,10,13-15H,4-9,11-12H2,1H3. The van der Waals surface area contributed by atoms with E-state index in [0.29, 0.717) is 19.1 Å². The molecule has 0 saturated carbocycles. The van der Waals surface area contributed by atoms with Gasteiger partial charge in [-0.1, -0.05) is 15.9 Å². The monoisotopic (exact) mass is 432 g/mol. The smallest absolute Gasteiger partial charge is 0.227 e. The van der Waals surface area contributed by atoms with Crippen LogP contribution in [0.2, 0.25) is 0 Å². The van der Waals surface area contributed by atoms with E-state index in [9.17, 15) is 4.79 Å². The summed E-state index contributed by atoms with van der Waals surface area (Å²) in [6, 6.07) is 6.12. The Hall–Kier alpha value is -1.73. The van der Waals surface area contributed by atoms with Crippen LogP contribution in [0, 0.1) is 11.8 Å². The van der Waals surface area contributed by atoms with Gasteiger partial charge in [-0.05, 0) is 43.4 Å². The molecule has 2 aliphatic rings. The highest BCUT2D eigenvalue weighted by molar-refractivity contribution is 9.10. The molecule has 2 aliphatic heterocycles. The first kappa shape index (κ1) is 18.6. The van der Waals surface area contributed by atoms with Crippen molar-refractivity contribution in [3.05, 3.63) is 29.0 Å². The van der Waals surface area contributed by atoms with E-state index in [-0.39, 0.29) is 11.8 Å². The van der Waals surface area contributed by atoms with Crippen LogP contribution in [-0.2, 0) is 9.53 Å². The Balaban J connectivity index is 1.38. The summed E-state index contributed by atoms with van der Waals surface area (Å²) < 4.78 is 6.39. The molecule has 3 heterocycles. The maximum absolute atomic E-state index is 12.5. The summed E-state index contributed by atoms with van der Waals surface area (Å²) in [7, 11) is 1.93. The van der Waals surface area contributed by atoms with Crippen molar-refractivity contribution in [2.75, 3.05) is 44.8 Å². The van der Waals surface area contributed by atoms with Crippen molar-refractivity contribution in [2.45, 2.75) is 19.3 Å². The van der Waals surface area contributed by atoms with Crippen LogP contribution < -0.4 is 4.90 Å². The van der Waals surface area contributed by atoms with Gasteiger partial charge in [0.15, 0.2) is 0 Å². The number of rotatable bonds is 4. The van der Waals surface area contributed by atoms with Crippen molar-refractivity contribution >= 4 is 38.6 Å². The van der Waals surface area contributed by atoms with E-state index in [4.69, 9.17) is 4.74 Å². The maximum Gasteiger partial charge on any atom is 0.227 e. The predicted octanol–water partition coefficient (Wildman–Crippen LogP) is 3.10. The van der Waals surface area contributed by atoms with Gasteiger partial charge in [-0.15, -0.1) is 0 Å². The molecule has 0 bridgehead atoms. The fraction of sp³-hybridized carbons (Fsp3) is 0.550. The lowest BCUT2D eigenvalue weighted by Crippen LogP contribution is -2.41. The average Bonchev–Trinajstić information content (AvgIpc) is 3.22. The van der Waals surface area contributed by atoms with Gasteiger partial charge in [0.05, 0.1) is 18.0 Å². The number of halogens is 1. The van der Waals surface area contributed by atoms with Crippen LogP contribution in [0.1, 0.15) is 19.3 Å². The molecule has 2 saturated heterocycles. The van der Waals surface area contributed by atoms with Crippen molar-refractivity contribution in [3.63, 3.8) is 0 Å². The molecular weight excluding hydrogens is 408 g/mol. The van der Waals surface area contributed by atoms with E-state index >= 15 is 0 Å². The number of nitrogens with zero attached hydrogens (tertiary/aromatic N) is 4. The van der Waals surface area contributed by atoms with Crippen molar-refractivity contribution < 1.29 is 9.53 Å². The van der Waals surface area contributed by atoms with Gasteiger partial charge >= 0.3 is 0 Å². The highest BCUT2D eigenvalue weighted by Crippen LogP contribution is 2.29. The highest BCUT2D eigenvalue weighted by Gasteiger charge is 2.29. The van der Waals surface area contributed by atoms with Gasteiger partial charge in [0.25, 0.3) is 0 Å². The molecule has 0 aliphatic carbocycles. The molecule has 2 aromatic rings. The summed E-state index contributed by atoms with van der Waals surface area (Å²) in [4.78, 5) is 25.7. The van der Waals surface area contributed by atoms with E-state index < -0.39 is 0 Å². The van der Waals surface area contributed by atoms with Crippen LogP contribution in [0.4, 0.5) is 5.82 Å². The molecule has 1 aromatic heterocycles. The number of carbonyl (C=O) groups is 1. The average molecular weight is 433 g/mol. The second-order valence-corrected chi connectivity index (χ2v) is 8.48. The SMILES string of the molecule is CN(CC1CCN(c2ncnc3ccc(Br)cc23)CC1)C(=O)C1CCOC1. The summed E-state index contributed by atoms with van der Waals surface area (Å²) in [6.07, 6.45) is 4.64. The molecule has 7 heteroatoms. The zero-order valence-corrected chi connectivity index (χ0v) is 17.2. The Morgan fingerprint density at radius 3 is 2.85 bits per heavy atom. The summed E-state index contributed by atoms with van der Waals surface area (Å²) in [5.41, 5.74) is 0.967. The molecule has 144 valence electrons. The molecular formula is C20H25BrN4O2. The Labute approximate surface area is 168 Å². The Bertz CT molecular complexity index is 817. The zero-order valence-electron chi connectivity index (χ0n) is 15.6. The van der Waals surface area contributed by atoms with Crippen molar-refractivity contribution in [1.29, 1.82) is 0 Å². The summed E-state index contributed by atoms with van der Waals surface area (Å²) in [5.74, 6) is 1.84. The fourth-order valence-electron chi connectivity index (χ4n) is 4.11. The van der Waals surface area contributed by atoms with Crippen LogP contribution in [0.5, 0.6) is 0 Å².